The first-order valence-corrected chi connectivity index (χ1v) is 11.3. The van der Waals surface area contributed by atoms with E-state index in [1.54, 1.807) is 12.4 Å². The fourth-order valence-electron chi connectivity index (χ4n) is 4.09. The molecule has 0 radical (unpaired) electrons. The lowest BCUT2D eigenvalue weighted by Gasteiger charge is -2.38. The van der Waals surface area contributed by atoms with Crippen LogP contribution in [-0.4, -0.2) is 52.6 Å². The molecule has 1 unspecified atom stereocenters. The molecule has 1 N–H and O–H groups in total. The zero-order valence-corrected chi connectivity index (χ0v) is 19.4. The molecule has 1 saturated heterocycles. The van der Waals surface area contributed by atoms with E-state index >= 15 is 0 Å². The number of aromatic nitrogens is 3. The molecular weight excluding hydrogens is 454 g/mol. The summed E-state index contributed by atoms with van der Waals surface area (Å²) in [5, 5.41) is 1.03. The lowest BCUT2D eigenvalue weighted by atomic mass is 9.82. The average molecular weight is 480 g/mol. The molecule has 1 aliphatic heterocycles. The van der Waals surface area contributed by atoms with E-state index in [-0.39, 0.29) is 5.56 Å². The van der Waals surface area contributed by atoms with Gasteiger partial charge in [0.15, 0.2) is 0 Å². The minimum absolute atomic E-state index is 0.0270. The van der Waals surface area contributed by atoms with E-state index in [4.69, 9.17) is 6.42 Å². The maximum absolute atomic E-state index is 12.3. The molecule has 0 amide bonds. The Morgan fingerprint density at radius 2 is 1.90 bits per heavy atom. The van der Waals surface area contributed by atoms with Crippen LogP contribution in [0.2, 0.25) is 0 Å². The molecule has 31 heavy (non-hydrogen) atoms. The van der Waals surface area contributed by atoms with Gasteiger partial charge in [0, 0.05) is 56.2 Å². The maximum Gasteiger partial charge on any atom is 0.251 e. The second kappa shape index (κ2) is 8.81. The molecule has 3 heterocycles. The van der Waals surface area contributed by atoms with E-state index in [0.717, 1.165) is 65.2 Å². The number of fused-ring (bicyclic) bond motifs is 1. The first kappa shape index (κ1) is 21.5. The number of nitrogens with zero attached hydrogens (tertiary/aromatic N) is 4. The summed E-state index contributed by atoms with van der Waals surface area (Å²) < 4.78 is 0.877. The number of piperazine rings is 1. The van der Waals surface area contributed by atoms with Crippen molar-refractivity contribution in [1.82, 2.24) is 19.9 Å². The molecule has 4 rings (SSSR count). The fraction of sp³-hybridized carbons (Fsp3) is 0.375. The van der Waals surface area contributed by atoms with Gasteiger partial charge in [0.25, 0.3) is 5.56 Å². The van der Waals surface area contributed by atoms with E-state index in [0.29, 0.717) is 6.42 Å². The number of pyridine rings is 1. The molecule has 2 aromatic heterocycles. The van der Waals surface area contributed by atoms with Crippen molar-refractivity contribution >= 4 is 32.8 Å². The van der Waals surface area contributed by atoms with Crippen LogP contribution in [0.5, 0.6) is 0 Å². The number of aromatic amines is 1. The van der Waals surface area contributed by atoms with Crippen LogP contribution in [0.4, 0.5) is 5.95 Å². The highest BCUT2D eigenvalue weighted by Gasteiger charge is 2.29. The van der Waals surface area contributed by atoms with Crippen molar-refractivity contribution in [2.75, 3.05) is 37.6 Å². The monoisotopic (exact) mass is 479 g/mol. The number of rotatable bonds is 5. The van der Waals surface area contributed by atoms with Crippen molar-refractivity contribution in [3.8, 4) is 12.3 Å². The van der Waals surface area contributed by atoms with Crippen molar-refractivity contribution in [1.29, 1.82) is 0 Å². The molecule has 1 aromatic carbocycles. The van der Waals surface area contributed by atoms with Crippen LogP contribution in [-0.2, 0) is 11.8 Å². The first-order valence-electron chi connectivity index (χ1n) is 10.5. The average Bonchev–Trinajstić information content (AvgIpc) is 2.79. The summed E-state index contributed by atoms with van der Waals surface area (Å²) in [5.74, 6) is 3.77. The van der Waals surface area contributed by atoms with Gasteiger partial charge in [-0.05, 0) is 52.4 Å². The van der Waals surface area contributed by atoms with Crippen molar-refractivity contribution in [3.63, 3.8) is 0 Å². The van der Waals surface area contributed by atoms with Crippen molar-refractivity contribution in [2.45, 2.75) is 25.7 Å². The van der Waals surface area contributed by atoms with Gasteiger partial charge in [0.2, 0.25) is 5.95 Å². The van der Waals surface area contributed by atoms with Gasteiger partial charge in [-0.25, -0.2) is 9.97 Å². The zero-order chi connectivity index (χ0) is 22.0. The lowest BCUT2D eigenvalue weighted by Crippen LogP contribution is -2.50. The Balaban J connectivity index is 1.50. The standard InChI is InChI=1S/C24H26BrN5O/c1-4-17-12-18-6-7-19(13-21(18)28-22(17)31)24(3,5-2)16-29-8-10-30(11-9-29)23-26-14-20(25)15-27-23/h2,6-7,12-15H,4,8-11,16H2,1,3H3,(H,28,31). The molecule has 0 bridgehead atoms. The molecule has 3 aromatic rings. The normalized spacial score (nSPS) is 16.8. The van der Waals surface area contributed by atoms with Crippen LogP contribution in [0.15, 0.2) is 45.9 Å². The number of halogens is 1. The van der Waals surface area contributed by atoms with Gasteiger partial charge in [-0.1, -0.05) is 25.0 Å². The molecular formula is C24H26BrN5O. The predicted molar refractivity (Wildman–Crippen MR) is 129 cm³/mol. The molecule has 1 atom stereocenters. The van der Waals surface area contributed by atoms with E-state index in [1.807, 2.05) is 19.1 Å². The minimum atomic E-state index is -0.454. The zero-order valence-electron chi connectivity index (χ0n) is 17.9. The molecule has 0 spiro atoms. The van der Waals surface area contributed by atoms with Crippen LogP contribution >= 0.6 is 15.9 Å². The Hall–Kier alpha value is -2.69. The Bertz CT molecular complexity index is 1180. The highest BCUT2D eigenvalue weighted by Crippen LogP contribution is 2.28. The van der Waals surface area contributed by atoms with Gasteiger partial charge >= 0.3 is 0 Å². The second-order valence-electron chi connectivity index (χ2n) is 8.22. The molecule has 0 aliphatic carbocycles. The van der Waals surface area contributed by atoms with Gasteiger partial charge in [-0.15, -0.1) is 6.42 Å². The van der Waals surface area contributed by atoms with Crippen LogP contribution < -0.4 is 10.5 Å². The van der Waals surface area contributed by atoms with Crippen molar-refractivity contribution in [3.05, 3.63) is 62.6 Å². The number of aryl methyl sites for hydroxylation is 1. The van der Waals surface area contributed by atoms with Gasteiger partial charge in [-0.2, -0.15) is 0 Å². The highest BCUT2D eigenvalue weighted by molar-refractivity contribution is 9.10. The third-order valence-electron chi connectivity index (χ3n) is 6.06. The summed E-state index contributed by atoms with van der Waals surface area (Å²) in [6, 6.07) is 8.14. The van der Waals surface area contributed by atoms with E-state index in [9.17, 15) is 4.79 Å². The number of hydrogen-bond acceptors (Lipinski definition) is 5. The Labute approximate surface area is 190 Å². The van der Waals surface area contributed by atoms with Crippen LogP contribution in [0.1, 0.15) is 25.0 Å². The number of hydrogen-bond donors (Lipinski definition) is 1. The summed E-state index contributed by atoms with van der Waals surface area (Å²) in [6.45, 7) is 8.32. The molecule has 1 fully saturated rings. The van der Waals surface area contributed by atoms with E-state index in [2.05, 4.69) is 65.7 Å². The maximum atomic E-state index is 12.3. The third kappa shape index (κ3) is 4.51. The second-order valence-corrected chi connectivity index (χ2v) is 9.14. The molecule has 1 aliphatic rings. The summed E-state index contributed by atoms with van der Waals surface area (Å²) in [4.78, 5) is 28.7. The highest BCUT2D eigenvalue weighted by atomic mass is 79.9. The molecule has 7 heteroatoms. The quantitative estimate of drug-likeness (QED) is 0.568. The summed E-state index contributed by atoms with van der Waals surface area (Å²) >= 11 is 3.38. The van der Waals surface area contributed by atoms with Crippen molar-refractivity contribution < 1.29 is 0 Å². The van der Waals surface area contributed by atoms with E-state index in [1.165, 1.54) is 0 Å². The lowest BCUT2D eigenvalue weighted by molar-refractivity contribution is 0.226. The third-order valence-corrected chi connectivity index (χ3v) is 6.47. The topological polar surface area (TPSA) is 65.1 Å². The minimum Gasteiger partial charge on any atom is -0.338 e. The van der Waals surface area contributed by atoms with Crippen molar-refractivity contribution in [2.24, 2.45) is 0 Å². The van der Waals surface area contributed by atoms with Gasteiger partial charge < -0.3 is 9.88 Å². The Kier molecular flexibility index (Phi) is 6.12. The number of H-pyrrole nitrogens is 1. The van der Waals surface area contributed by atoms with Crippen LogP contribution in [0, 0.1) is 12.3 Å². The summed E-state index contributed by atoms with van der Waals surface area (Å²) in [6.07, 6.45) is 10.3. The fourth-order valence-corrected chi connectivity index (χ4v) is 4.30. The molecule has 0 saturated carbocycles. The number of benzene rings is 1. The summed E-state index contributed by atoms with van der Waals surface area (Å²) in [7, 11) is 0. The van der Waals surface area contributed by atoms with Gasteiger partial charge in [0.05, 0.1) is 9.89 Å². The predicted octanol–water partition coefficient (Wildman–Crippen LogP) is 3.36. The number of anilines is 1. The SMILES string of the molecule is C#CC(C)(CN1CCN(c2ncc(Br)cn2)CC1)c1ccc2cc(CC)c(=O)[nH]c2c1. The number of nitrogens with one attached hydrogen (secondary N) is 1. The smallest absolute Gasteiger partial charge is 0.251 e. The molecule has 160 valence electrons. The van der Waals surface area contributed by atoms with E-state index < -0.39 is 5.41 Å². The Morgan fingerprint density at radius 3 is 2.55 bits per heavy atom. The summed E-state index contributed by atoms with van der Waals surface area (Å²) in [5.41, 5.74) is 2.19. The van der Waals surface area contributed by atoms with Gasteiger partial charge in [0.1, 0.15) is 0 Å². The van der Waals surface area contributed by atoms with Gasteiger partial charge in [-0.3, -0.25) is 9.69 Å². The van der Waals surface area contributed by atoms with Crippen LogP contribution in [0.25, 0.3) is 10.9 Å². The Morgan fingerprint density at radius 1 is 1.19 bits per heavy atom. The largest absolute Gasteiger partial charge is 0.338 e. The first-order chi connectivity index (χ1) is 14.9. The van der Waals surface area contributed by atoms with Crippen LogP contribution in [0.3, 0.4) is 0 Å². The number of terminal acetylenes is 1. The molecule has 6 nitrogen and oxygen atoms in total.